The Morgan fingerprint density at radius 2 is 1.22 bits per heavy atom. The van der Waals surface area contributed by atoms with Gasteiger partial charge in [0.15, 0.2) is 5.75 Å². The molecule has 4 aromatic rings. The minimum Gasteiger partial charge on any atom is -0.404 e. The number of alkyl halides is 6. The molecule has 0 radical (unpaired) electrons. The molecule has 14 nitrogen and oxygen atoms in total. The van der Waals surface area contributed by atoms with Crippen molar-refractivity contribution in [2.45, 2.75) is 42.4 Å². The van der Waals surface area contributed by atoms with Crippen molar-refractivity contribution in [3.63, 3.8) is 0 Å². The van der Waals surface area contributed by atoms with E-state index in [0.29, 0.717) is 31.2 Å². The van der Waals surface area contributed by atoms with E-state index in [-0.39, 0.29) is 16.3 Å². The van der Waals surface area contributed by atoms with Gasteiger partial charge in [0.2, 0.25) is 0 Å². The van der Waals surface area contributed by atoms with E-state index in [1.54, 1.807) is 6.92 Å². The SMILES string of the molecule is CCCNC(=O)c1cncc(NS(=O)(=O)c2cc(Cl)cc(CNC(=O)c3cncc(NS(=O)(=O)c4cc(Cl)ccc4OC(F)(F)F)c3)c2OC(F)(F)F)c1. The van der Waals surface area contributed by atoms with Gasteiger partial charge in [-0.2, -0.15) is 0 Å². The third-order valence-corrected chi connectivity index (χ3v) is 9.75. The maximum absolute atomic E-state index is 13.6. The number of benzene rings is 2. The summed E-state index contributed by atoms with van der Waals surface area (Å²) in [6.07, 6.45) is -6.25. The number of nitrogens with one attached hydrogen (secondary N) is 4. The zero-order valence-electron chi connectivity index (χ0n) is 27.0. The highest BCUT2D eigenvalue weighted by Crippen LogP contribution is 2.37. The van der Waals surface area contributed by atoms with Crippen molar-refractivity contribution in [1.82, 2.24) is 20.6 Å². The largest absolute Gasteiger partial charge is 0.573 e. The van der Waals surface area contributed by atoms with Gasteiger partial charge in [-0.1, -0.05) is 30.1 Å². The number of nitrogens with zero attached hydrogens (tertiary/aromatic N) is 2. The maximum Gasteiger partial charge on any atom is 0.573 e. The van der Waals surface area contributed by atoms with Crippen LogP contribution in [0.4, 0.5) is 37.7 Å². The number of ether oxygens (including phenoxy) is 2. The number of rotatable bonds is 14. The van der Waals surface area contributed by atoms with E-state index >= 15 is 0 Å². The Morgan fingerprint density at radius 1 is 0.704 bits per heavy atom. The van der Waals surface area contributed by atoms with Crippen LogP contribution in [0.3, 0.4) is 0 Å². The van der Waals surface area contributed by atoms with E-state index in [2.05, 4.69) is 30.1 Å². The van der Waals surface area contributed by atoms with Gasteiger partial charge >= 0.3 is 12.7 Å². The highest BCUT2D eigenvalue weighted by atomic mass is 35.5. The Bertz CT molecular complexity index is 2280. The van der Waals surface area contributed by atoms with Crippen molar-refractivity contribution in [2.24, 2.45) is 0 Å². The molecule has 0 bridgehead atoms. The molecule has 0 aliphatic rings. The maximum atomic E-state index is 13.6. The van der Waals surface area contributed by atoms with E-state index in [1.807, 2.05) is 9.44 Å². The molecule has 290 valence electrons. The van der Waals surface area contributed by atoms with Crippen molar-refractivity contribution in [3.8, 4) is 11.5 Å². The van der Waals surface area contributed by atoms with Crippen molar-refractivity contribution in [1.29, 1.82) is 0 Å². The number of carbonyl (C=O) groups excluding carboxylic acids is 2. The molecule has 0 fully saturated rings. The number of hydrogen-bond donors (Lipinski definition) is 4. The van der Waals surface area contributed by atoms with Gasteiger partial charge in [0.05, 0.1) is 34.9 Å². The van der Waals surface area contributed by atoms with E-state index in [1.165, 1.54) is 0 Å². The predicted octanol–water partition coefficient (Wildman–Crippen LogP) is 6.25. The first-order valence-electron chi connectivity index (χ1n) is 14.7. The lowest BCUT2D eigenvalue weighted by atomic mass is 10.2. The van der Waals surface area contributed by atoms with Gasteiger partial charge in [-0.05, 0) is 48.9 Å². The molecule has 4 rings (SSSR count). The van der Waals surface area contributed by atoms with E-state index < -0.39 is 94.3 Å². The molecule has 2 aromatic carbocycles. The first-order valence-corrected chi connectivity index (χ1v) is 18.4. The second-order valence-electron chi connectivity index (χ2n) is 10.7. The third-order valence-electron chi connectivity index (χ3n) is 6.51. The molecule has 2 aromatic heterocycles. The second kappa shape index (κ2) is 16.5. The highest BCUT2D eigenvalue weighted by molar-refractivity contribution is 7.93. The number of amides is 2. The Morgan fingerprint density at radius 3 is 1.76 bits per heavy atom. The minimum absolute atomic E-state index is 0.0686. The van der Waals surface area contributed by atoms with Crippen LogP contribution in [0, 0.1) is 0 Å². The summed E-state index contributed by atoms with van der Waals surface area (Å²) in [4.78, 5) is 30.7. The van der Waals surface area contributed by atoms with Crippen LogP contribution in [-0.4, -0.2) is 57.9 Å². The fourth-order valence-corrected chi connectivity index (χ4v) is 7.33. The van der Waals surface area contributed by atoms with Crippen molar-refractivity contribution >= 4 is 66.4 Å². The summed E-state index contributed by atoms with van der Waals surface area (Å²) in [6, 6.07) is 5.76. The minimum atomic E-state index is -5.46. The predicted molar refractivity (Wildman–Crippen MR) is 180 cm³/mol. The molecule has 0 unspecified atom stereocenters. The van der Waals surface area contributed by atoms with E-state index in [9.17, 15) is 52.8 Å². The van der Waals surface area contributed by atoms with E-state index in [4.69, 9.17) is 23.2 Å². The van der Waals surface area contributed by atoms with Crippen LogP contribution in [0.15, 0.2) is 77.0 Å². The molecule has 2 amide bonds. The molecule has 0 atom stereocenters. The summed E-state index contributed by atoms with van der Waals surface area (Å²) >= 11 is 11.9. The van der Waals surface area contributed by atoms with Gasteiger partial charge in [0.1, 0.15) is 15.5 Å². The Labute approximate surface area is 312 Å². The first-order chi connectivity index (χ1) is 25.1. The van der Waals surface area contributed by atoms with Crippen LogP contribution in [0.25, 0.3) is 0 Å². The average Bonchev–Trinajstić information content (AvgIpc) is 3.06. The van der Waals surface area contributed by atoms with Gasteiger partial charge in [-0.25, -0.2) is 16.8 Å². The molecule has 24 heteroatoms. The van der Waals surface area contributed by atoms with Crippen molar-refractivity contribution in [2.75, 3.05) is 16.0 Å². The summed E-state index contributed by atoms with van der Waals surface area (Å²) in [5, 5.41) is 4.08. The lowest BCUT2D eigenvalue weighted by Crippen LogP contribution is -2.26. The Balaban J connectivity index is 1.60. The smallest absolute Gasteiger partial charge is 0.404 e. The van der Waals surface area contributed by atoms with Crippen LogP contribution in [-0.2, 0) is 26.6 Å². The van der Waals surface area contributed by atoms with Gasteiger partial charge in [-0.3, -0.25) is 29.0 Å². The zero-order valence-corrected chi connectivity index (χ0v) is 30.1. The van der Waals surface area contributed by atoms with Crippen LogP contribution in [0.5, 0.6) is 11.5 Å². The van der Waals surface area contributed by atoms with E-state index in [0.717, 1.165) is 49.1 Å². The second-order valence-corrected chi connectivity index (χ2v) is 14.8. The fourth-order valence-electron chi connectivity index (χ4n) is 4.36. The average molecular weight is 846 g/mol. The summed E-state index contributed by atoms with van der Waals surface area (Å²) in [5.41, 5.74) is -1.85. The van der Waals surface area contributed by atoms with Gasteiger partial charge in [-0.15, -0.1) is 26.3 Å². The molecule has 0 spiro atoms. The molecule has 54 heavy (non-hydrogen) atoms. The third kappa shape index (κ3) is 11.5. The monoisotopic (exact) mass is 844 g/mol. The zero-order chi connectivity index (χ0) is 40.1. The molecule has 0 aliphatic heterocycles. The molecule has 0 saturated carbocycles. The number of anilines is 2. The highest BCUT2D eigenvalue weighted by Gasteiger charge is 2.37. The van der Waals surface area contributed by atoms with Gasteiger partial charge < -0.3 is 20.1 Å². The molecule has 0 aliphatic carbocycles. The molecule has 2 heterocycles. The number of aromatic nitrogens is 2. The molecular formula is C30H24Cl2F6N6O8S2. The summed E-state index contributed by atoms with van der Waals surface area (Å²) < 4.78 is 144. The number of carbonyl (C=O) groups is 2. The number of hydrogen-bond acceptors (Lipinski definition) is 10. The summed E-state index contributed by atoms with van der Waals surface area (Å²) in [5.74, 6) is -4.12. The topological polar surface area (TPSA) is 195 Å². The fraction of sp³-hybridized carbons (Fsp3) is 0.200. The summed E-state index contributed by atoms with van der Waals surface area (Å²) in [6.45, 7) is 1.23. The Kier molecular flexibility index (Phi) is 12.8. The number of pyridine rings is 2. The van der Waals surface area contributed by atoms with Crippen molar-refractivity contribution in [3.05, 3.63) is 94.0 Å². The van der Waals surface area contributed by atoms with Crippen molar-refractivity contribution < 1.29 is 62.2 Å². The standard InChI is InChI=1S/C30H24Cl2F6N6O8S2/c1-2-5-41-27(45)17-7-22(15-39-11-17)44-54(49,50)25-10-20(32)6-16(26(25)52-30(36,37)38)13-42-28(46)18-8-21(14-40-12-18)43-53(47,48)24-9-19(31)3-4-23(24)51-29(33,34)35/h3-4,6-12,14-15,43-44H,2,5,13H2,1H3,(H,41,45)(H,42,46). The van der Waals surface area contributed by atoms with Crippen LogP contribution < -0.4 is 29.6 Å². The molecule has 0 saturated heterocycles. The quantitative estimate of drug-likeness (QED) is 0.105. The normalized spacial score (nSPS) is 12.1. The number of halogens is 8. The molecular weight excluding hydrogens is 821 g/mol. The van der Waals surface area contributed by atoms with Crippen LogP contribution in [0.1, 0.15) is 39.6 Å². The Hall–Kier alpha value is -5.06. The van der Waals surface area contributed by atoms with Crippen LogP contribution in [0.2, 0.25) is 10.0 Å². The lowest BCUT2D eigenvalue weighted by molar-refractivity contribution is -0.276. The number of sulfonamides is 2. The van der Waals surface area contributed by atoms with Crippen LogP contribution >= 0.6 is 23.2 Å². The van der Waals surface area contributed by atoms with Gasteiger partial charge in [0, 0.05) is 41.1 Å². The summed E-state index contributed by atoms with van der Waals surface area (Å²) in [7, 11) is -9.84. The molecule has 4 N–H and O–H groups in total. The van der Waals surface area contributed by atoms with Gasteiger partial charge in [0.25, 0.3) is 31.9 Å². The lowest BCUT2D eigenvalue weighted by Gasteiger charge is -2.19. The first kappa shape index (κ1) is 41.7.